The monoisotopic (exact) mass is 428 g/mol. The maximum absolute atomic E-state index is 14.0. The number of amides is 1. The number of nitrogens with one attached hydrogen (secondary N) is 3. The van der Waals surface area contributed by atoms with Crippen LogP contribution in [0.3, 0.4) is 0 Å². The van der Waals surface area contributed by atoms with Gasteiger partial charge >= 0.3 is 0 Å². The summed E-state index contributed by atoms with van der Waals surface area (Å²) in [6.07, 6.45) is 2.42. The van der Waals surface area contributed by atoms with Crippen molar-refractivity contribution in [3.05, 3.63) is 54.0 Å². The van der Waals surface area contributed by atoms with Gasteiger partial charge in [0.15, 0.2) is 17.6 Å². The lowest BCUT2D eigenvalue weighted by Crippen LogP contribution is -2.45. The number of aliphatic imine (C=N–C) groups is 1. The minimum Gasteiger partial charge on any atom is -0.497 e. The molecule has 1 saturated heterocycles. The summed E-state index contributed by atoms with van der Waals surface area (Å²) in [4.78, 5) is 22.6. The minimum atomic E-state index is -0.322. The Balaban J connectivity index is 1.49. The van der Waals surface area contributed by atoms with Crippen molar-refractivity contribution in [1.82, 2.24) is 20.9 Å². The van der Waals surface area contributed by atoms with E-state index in [2.05, 4.69) is 25.9 Å². The molecule has 0 saturated carbocycles. The lowest BCUT2D eigenvalue weighted by atomic mass is 10.2. The largest absolute Gasteiger partial charge is 0.497 e. The maximum Gasteiger partial charge on any atom is 0.242 e. The fraction of sp³-hybridized carbons (Fsp3) is 0.409. The first-order valence-corrected chi connectivity index (χ1v) is 10.4. The number of guanidine groups is 1. The molecule has 1 amide bonds. The number of nitrogens with zero attached hydrogens (tertiary/aromatic N) is 3. The molecule has 9 heteroatoms. The third-order valence-corrected chi connectivity index (χ3v) is 4.94. The van der Waals surface area contributed by atoms with Gasteiger partial charge in [-0.2, -0.15) is 0 Å². The topological polar surface area (TPSA) is 90.9 Å². The van der Waals surface area contributed by atoms with Crippen LogP contribution < -0.4 is 25.6 Å². The molecule has 3 rings (SSSR count). The second-order valence-electron chi connectivity index (χ2n) is 7.20. The van der Waals surface area contributed by atoms with E-state index < -0.39 is 0 Å². The number of carbonyl (C=O) groups is 1. The number of anilines is 1. The summed E-state index contributed by atoms with van der Waals surface area (Å²) in [6, 6.07) is 10.6. The molecule has 31 heavy (non-hydrogen) atoms. The zero-order valence-corrected chi connectivity index (χ0v) is 17.9. The highest BCUT2D eigenvalue weighted by Gasteiger charge is 2.26. The number of methoxy groups -OCH3 is 1. The first kappa shape index (κ1) is 22.3. The molecular weight excluding hydrogens is 399 g/mol. The quantitative estimate of drug-likeness (QED) is 0.438. The van der Waals surface area contributed by atoms with Crippen LogP contribution in [0.1, 0.15) is 18.9 Å². The molecule has 3 N–H and O–H groups in total. The second-order valence-corrected chi connectivity index (χ2v) is 7.20. The SMILES string of the molecule is CCNC(=NCC(=O)NCc1ccc(OC)cc1)NC1CCN(c2ncccc2F)C1. The van der Waals surface area contributed by atoms with Crippen molar-refractivity contribution in [3.63, 3.8) is 0 Å². The van der Waals surface area contributed by atoms with Crippen LogP contribution >= 0.6 is 0 Å². The summed E-state index contributed by atoms with van der Waals surface area (Å²) in [7, 11) is 1.62. The summed E-state index contributed by atoms with van der Waals surface area (Å²) in [5.41, 5.74) is 0.982. The smallest absolute Gasteiger partial charge is 0.242 e. The Kier molecular flexibility index (Phi) is 8.03. The molecule has 166 valence electrons. The van der Waals surface area contributed by atoms with Crippen LogP contribution in [0.5, 0.6) is 5.75 Å². The van der Waals surface area contributed by atoms with E-state index in [1.807, 2.05) is 36.1 Å². The number of rotatable bonds is 8. The van der Waals surface area contributed by atoms with Gasteiger partial charge in [-0.1, -0.05) is 12.1 Å². The lowest BCUT2D eigenvalue weighted by Gasteiger charge is -2.19. The Hall–Kier alpha value is -3.36. The first-order chi connectivity index (χ1) is 15.1. The number of benzene rings is 1. The molecule has 1 aliphatic rings. The highest BCUT2D eigenvalue weighted by atomic mass is 19.1. The van der Waals surface area contributed by atoms with Gasteiger partial charge in [-0.05, 0) is 43.2 Å². The van der Waals surface area contributed by atoms with Gasteiger partial charge in [0.25, 0.3) is 0 Å². The van der Waals surface area contributed by atoms with Gasteiger partial charge in [0.1, 0.15) is 12.3 Å². The van der Waals surface area contributed by atoms with Gasteiger partial charge in [0.05, 0.1) is 7.11 Å². The predicted molar refractivity (Wildman–Crippen MR) is 119 cm³/mol. The second kappa shape index (κ2) is 11.1. The molecule has 0 radical (unpaired) electrons. The lowest BCUT2D eigenvalue weighted by molar-refractivity contribution is -0.119. The normalized spacial score (nSPS) is 16.2. The van der Waals surface area contributed by atoms with Crippen molar-refractivity contribution >= 4 is 17.7 Å². The number of carbonyl (C=O) groups excluding carboxylic acids is 1. The number of ether oxygens (including phenoxy) is 1. The van der Waals surface area contributed by atoms with E-state index in [1.54, 1.807) is 19.4 Å². The molecule has 2 heterocycles. The van der Waals surface area contributed by atoms with Crippen molar-refractivity contribution in [2.24, 2.45) is 4.99 Å². The van der Waals surface area contributed by atoms with Crippen LogP contribution in [0.15, 0.2) is 47.6 Å². The maximum atomic E-state index is 14.0. The van der Waals surface area contributed by atoms with E-state index in [1.165, 1.54) is 6.07 Å². The summed E-state index contributed by atoms with van der Waals surface area (Å²) in [5.74, 6) is 1.22. The van der Waals surface area contributed by atoms with Gasteiger partial charge in [-0.15, -0.1) is 0 Å². The average molecular weight is 429 g/mol. The van der Waals surface area contributed by atoms with E-state index in [9.17, 15) is 9.18 Å². The molecule has 0 spiro atoms. The number of hydrogen-bond acceptors (Lipinski definition) is 5. The summed E-state index contributed by atoms with van der Waals surface area (Å²) >= 11 is 0. The minimum absolute atomic E-state index is 0.0107. The van der Waals surface area contributed by atoms with Crippen LogP contribution in [0, 0.1) is 5.82 Å². The molecule has 0 bridgehead atoms. The molecule has 1 atom stereocenters. The standard InChI is InChI=1S/C22H29FN6O2/c1-3-24-22(27-14-20(30)26-13-16-6-8-18(31-2)9-7-16)28-17-10-12-29(15-17)21-19(23)5-4-11-25-21/h4-9,11,17H,3,10,12-15H2,1-2H3,(H,26,30)(H2,24,27,28). The fourth-order valence-electron chi connectivity index (χ4n) is 3.34. The average Bonchev–Trinajstić information content (AvgIpc) is 3.25. The van der Waals surface area contributed by atoms with E-state index in [-0.39, 0.29) is 24.3 Å². The zero-order valence-electron chi connectivity index (χ0n) is 17.9. The van der Waals surface area contributed by atoms with Crippen molar-refractivity contribution < 1.29 is 13.9 Å². The highest BCUT2D eigenvalue weighted by Crippen LogP contribution is 2.20. The van der Waals surface area contributed by atoms with Crippen LogP contribution in [-0.4, -0.2) is 56.2 Å². The summed E-state index contributed by atoms with van der Waals surface area (Å²) in [6.45, 7) is 4.39. The Morgan fingerprint density at radius 1 is 1.29 bits per heavy atom. The number of halogens is 1. The number of pyridine rings is 1. The molecule has 0 aliphatic carbocycles. The van der Waals surface area contributed by atoms with Gasteiger partial charge in [0.2, 0.25) is 5.91 Å². The van der Waals surface area contributed by atoms with E-state index in [4.69, 9.17) is 4.74 Å². The van der Waals surface area contributed by atoms with Crippen LogP contribution in [-0.2, 0) is 11.3 Å². The molecule has 1 unspecified atom stereocenters. The molecule has 2 aromatic rings. The Labute approximate surface area is 181 Å². The Bertz CT molecular complexity index is 890. The Morgan fingerprint density at radius 3 is 2.81 bits per heavy atom. The van der Waals surface area contributed by atoms with Gasteiger partial charge in [0, 0.05) is 38.4 Å². The van der Waals surface area contributed by atoms with E-state index >= 15 is 0 Å². The van der Waals surface area contributed by atoms with Crippen LogP contribution in [0.4, 0.5) is 10.2 Å². The van der Waals surface area contributed by atoms with Gasteiger partial charge < -0.3 is 25.6 Å². The fourth-order valence-corrected chi connectivity index (χ4v) is 3.34. The molecule has 1 aromatic carbocycles. The van der Waals surface area contributed by atoms with Gasteiger partial charge in [-0.3, -0.25) is 4.79 Å². The highest BCUT2D eigenvalue weighted by molar-refractivity contribution is 5.85. The number of aromatic nitrogens is 1. The van der Waals surface area contributed by atoms with Crippen molar-refractivity contribution in [2.75, 3.05) is 38.2 Å². The molecule has 1 aromatic heterocycles. The molecular formula is C22H29FN6O2. The Morgan fingerprint density at radius 2 is 2.10 bits per heavy atom. The van der Waals surface area contributed by atoms with Crippen molar-refractivity contribution in [3.8, 4) is 5.75 Å². The van der Waals surface area contributed by atoms with Crippen LogP contribution in [0.25, 0.3) is 0 Å². The molecule has 1 fully saturated rings. The number of hydrogen-bond donors (Lipinski definition) is 3. The summed E-state index contributed by atoms with van der Waals surface area (Å²) < 4.78 is 19.1. The third kappa shape index (κ3) is 6.56. The van der Waals surface area contributed by atoms with E-state index in [0.717, 1.165) is 17.7 Å². The van der Waals surface area contributed by atoms with Gasteiger partial charge in [-0.25, -0.2) is 14.4 Å². The molecule has 1 aliphatic heterocycles. The van der Waals surface area contributed by atoms with E-state index in [0.29, 0.717) is 38.0 Å². The van der Waals surface area contributed by atoms with Crippen molar-refractivity contribution in [1.29, 1.82) is 0 Å². The zero-order chi connectivity index (χ0) is 22.1. The van der Waals surface area contributed by atoms with Crippen molar-refractivity contribution in [2.45, 2.75) is 25.9 Å². The predicted octanol–water partition coefficient (Wildman–Crippen LogP) is 1.68. The first-order valence-electron chi connectivity index (χ1n) is 10.4. The summed E-state index contributed by atoms with van der Waals surface area (Å²) in [5, 5.41) is 9.35. The van der Waals surface area contributed by atoms with Crippen LogP contribution in [0.2, 0.25) is 0 Å². The third-order valence-electron chi connectivity index (χ3n) is 4.94. The molecule has 8 nitrogen and oxygen atoms in total.